The maximum atomic E-state index is 13.4. The maximum absolute atomic E-state index is 13.4. The lowest BCUT2D eigenvalue weighted by molar-refractivity contribution is -0.146. The molecule has 3 rings (SSSR count). The quantitative estimate of drug-likeness (QED) is 0.919. The number of hydrogen-bond donors (Lipinski definition) is 1. The summed E-state index contributed by atoms with van der Waals surface area (Å²) in [6.07, 6.45) is 8.86. The third-order valence-corrected chi connectivity index (χ3v) is 5.69. The van der Waals surface area contributed by atoms with E-state index in [2.05, 4.69) is 29.2 Å². The smallest absolute Gasteiger partial charge is 0.250 e. The van der Waals surface area contributed by atoms with Gasteiger partial charge in [-0.2, -0.15) is 5.10 Å². The fraction of sp³-hybridized carbons (Fsp3) is 0.765. The molecule has 0 saturated carbocycles. The third-order valence-electron chi connectivity index (χ3n) is 5.69. The number of nitrogens with one attached hydrogen (secondary N) is 1. The standard InChI is InChI=1S/C17H28N4O.ClH/c1-3-16(2)6-4-12-20(14-16)15(22)17(7-10-18-11-8-17)21-13-5-9-19-21;/h5,9,13,18H,3-4,6-8,10-12,14H2,1-2H3;1H. The van der Waals surface area contributed by atoms with Crippen LogP contribution in [0.2, 0.25) is 0 Å². The first-order valence-electron chi connectivity index (χ1n) is 8.60. The summed E-state index contributed by atoms with van der Waals surface area (Å²) in [5.74, 6) is 0.275. The van der Waals surface area contributed by atoms with Crippen molar-refractivity contribution in [2.24, 2.45) is 5.41 Å². The summed E-state index contributed by atoms with van der Waals surface area (Å²) < 4.78 is 1.91. The molecule has 2 fully saturated rings. The SMILES string of the molecule is CCC1(C)CCCN(C(=O)C2(n3cccn3)CCNCC2)C1.Cl. The third kappa shape index (κ3) is 3.41. The van der Waals surface area contributed by atoms with Gasteiger partial charge >= 0.3 is 0 Å². The first-order chi connectivity index (χ1) is 10.6. The molecule has 23 heavy (non-hydrogen) atoms. The Kier molecular flexibility index (Phi) is 5.74. The van der Waals surface area contributed by atoms with E-state index in [-0.39, 0.29) is 23.7 Å². The van der Waals surface area contributed by atoms with Gasteiger partial charge in [-0.05, 0) is 56.7 Å². The van der Waals surface area contributed by atoms with Gasteiger partial charge in [-0.15, -0.1) is 12.4 Å². The topological polar surface area (TPSA) is 50.2 Å². The largest absolute Gasteiger partial charge is 0.340 e. The minimum absolute atomic E-state index is 0. The zero-order valence-corrected chi connectivity index (χ0v) is 15.1. The van der Waals surface area contributed by atoms with Crippen LogP contribution in [0, 0.1) is 5.41 Å². The fourth-order valence-electron chi connectivity index (χ4n) is 3.98. The summed E-state index contributed by atoms with van der Waals surface area (Å²) in [6, 6.07) is 1.92. The lowest BCUT2D eigenvalue weighted by atomic mass is 9.78. The van der Waals surface area contributed by atoms with Gasteiger partial charge in [0.25, 0.3) is 5.91 Å². The zero-order valence-electron chi connectivity index (χ0n) is 14.3. The van der Waals surface area contributed by atoms with Crippen LogP contribution in [0.15, 0.2) is 18.5 Å². The van der Waals surface area contributed by atoms with Gasteiger partial charge in [0.05, 0.1) is 0 Å². The van der Waals surface area contributed by atoms with Gasteiger partial charge in [0, 0.05) is 25.5 Å². The van der Waals surface area contributed by atoms with Gasteiger partial charge < -0.3 is 10.2 Å². The van der Waals surface area contributed by atoms with E-state index in [4.69, 9.17) is 0 Å². The van der Waals surface area contributed by atoms with Crippen molar-refractivity contribution in [3.05, 3.63) is 18.5 Å². The molecule has 1 aromatic heterocycles. The number of piperidine rings is 2. The minimum Gasteiger partial charge on any atom is -0.340 e. The second-order valence-corrected chi connectivity index (χ2v) is 7.23. The number of aromatic nitrogens is 2. The van der Waals surface area contributed by atoms with Gasteiger partial charge in [0.2, 0.25) is 0 Å². The van der Waals surface area contributed by atoms with Crippen LogP contribution in [0.1, 0.15) is 46.0 Å². The van der Waals surface area contributed by atoms with Crippen LogP contribution in [-0.4, -0.2) is 46.8 Å². The van der Waals surface area contributed by atoms with E-state index in [0.717, 1.165) is 51.9 Å². The number of amides is 1. The van der Waals surface area contributed by atoms with E-state index in [1.807, 2.05) is 16.9 Å². The summed E-state index contributed by atoms with van der Waals surface area (Å²) in [4.78, 5) is 15.5. The number of nitrogens with zero attached hydrogens (tertiary/aromatic N) is 3. The molecular weight excluding hydrogens is 312 g/mol. The second-order valence-electron chi connectivity index (χ2n) is 7.23. The Morgan fingerprint density at radius 1 is 1.30 bits per heavy atom. The van der Waals surface area contributed by atoms with Crippen molar-refractivity contribution in [3.63, 3.8) is 0 Å². The van der Waals surface area contributed by atoms with E-state index >= 15 is 0 Å². The minimum atomic E-state index is -0.485. The lowest BCUT2D eigenvalue weighted by Gasteiger charge is -2.45. The summed E-state index contributed by atoms with van der Waals surface area (Å²) in [5, 5.41) is 7.80. The molecule has 1 amide bonds. The monoisotopic (exact) mass is 340 g/mol. The van der Waals surface area contributed by atoms with Gasteiger partial charge in [0.1, 0.15) is 5.54 Å². The fourth-order valence-corrected chi connectivity index (χ4v) is 3.98. The predicted octanol–water partition coefficient (Wildman–Crippen LogP) is 2.42. The predicted molar refractivity (Wildman–Crippen MR) is 93.8 cm³/mol. The zero-order chi connectivity index (χ0) is 15.6. The van der Waals surface area contributed by atoms with Crippen molar-refractivity contribution in [2.45, 2.75) is 51.5 Å². The molecular formula is C17H29ClN4O. The van der Waals surface area contributed by atoms with Gasteiger partial charge in [-0.1, -0.05) is 13.8 Å². The molecule has 6 heteroatoms. The highest BCUT2D eigenvalue weighted by Crippen LogP contribution is 2.36. The van der Waals surface area contributed by atoms with Gasteiger partial charge in [-0.25, -0.2) is 0 Å². The lowest BCUT2D eigenvalue weighted by Crippen LogP contribution is -2.58. The number of rotatable bonds is 3. The normalized spacial score (nSPS) is 27.3. The van der Waals surface area contributed by atoms with Crippen LogP contribution < -0.4 is 5.32 Å². The van der Waals surface area contributed by atoms with Crippen LogP contribution in [0.25, 0.3) is 0 Å². The van der Waals surface area contributed by atoms with E-state index < -0.39 is 5.54 Å². The molecule has 0 spiro atoms. The number of carbonyl (C=O) groups is 1. The summed E-state index contributed by atoms with van der Waals surface area (Å²) in [7, 11) is 0. The molecule has 3 heterocycles. The summed E-state index contributed by atoms with van der Waals surface area (Å²) >= 11 is 0. The van der Waals surface area contributed by atoms with Crippen molar-refractivity contribution in [1.82, 2.24) is 20.0 Å². The molecule has 0 radical (unpaired) electrons. The molecule has 2 aliphatic rings. The molecule has 1 aromatic rings. The van der Waals surface area contributed by atoms with E-state index in [9.17, 15) is 4.79 Å². The number of hydrogen-bond acceptors (Lipinski definition) is 3. The average molecular weight is 341 g/mol. The summed E-state index contributed by atoms with van der Waals surface area (Å²) in [6.45, 7) is 8.09. The molecule has 0 bridgehead atoms. The van der Waals surface area contributed by atoms with Crippen LogP contribution in [-0.2, 0) is 10.3 Å². The van der Waals surface area contributed by atoms with E-state index in [0.29, 0.717) is 0 Å². The Morgan fingerprint density at radius 3 is 2.65 bits per heavy atom. The highest BCUT2D eigenvalue weighted by Gasteiger charge is 2.46. The van der Waals surface area contributed by atoms with Crippen molar-refractivity contribution in [3.8, 4) is 0 Å². The van der Waals surface area contributed by atoms with Crippen molar-refractivity contribution in [1.29, 1.82) is 0 Å². The Hall–Kier alpha value is -1.07. The number of halogens is 1. The van der Waals surface area contributed by atoms with Crippen LogP contribution in [0.5, 0.6) is 0 Å². The molecule has 5 nitrogen and oxygen atoms in total. The van der Waals surface area contributed by atoms with Crippen molar-refractivity contribution >= 4 is 18.3 Å². The molecule has 1 unspecified atom stereocenters. The molecule has 2 aliphatic heterocycles. The van der Waals surface area contributed by atoms with Gasteiger partial charge in [-0.3, -0.25) is 9.48 Å². The Bertz CT molecular complexity index is 513. The summed E-state index contributed by atoms with van der Waals surface area (Å²) in [5.41, 5.74) is -0.215. The van der Waals surface area contributed by atoms with Gasteiger partial charge in [0.15, 0.2) is 0 Å². The molecule has 2 saturated heterocycles. The van der Waals surface area contributed by atoms with E-state index in [1.165, 1.54) is 6.42 Å². The maximum Gasteiger partial charge on any atom is 0.250 e. The Morgan fingerprint density at radius 2 is 2.04 bits per heavy atom. The molecule has 1 atom stereocenters. The first-order valence-corrected chi connectivity index (χ1v) is 8.60. The van der Waals surface area contributed by atoms with Crippen molar-refractivity contribution in [2.75, 3.05) is 26.2 Å². The molecule has 0 aromatic carbocycles. The second kappa shape index (κ2) is 7.22. The van der Waals surface area contributed by atoms with E-state index in [1.54, 1.807) is 6.20 Å². The molecule has 130 valence electrons. The highest BCUT2D eigenvalue weighted by atomic mass is 35.5. The Balaban J connectivity index is 0.00000192. The van der Waals surface area contributed by atoms with Crippen LogP contribution in [0.3, 0.4) is 0 Å². The van der Waals surface area contributed by atoms with Crippen LogP contribution >= 0.6 is 12.4 Å². The number of likely N-dealkylation sites (tertiary alicyclic amines) is 1. The first kappa shape index (κ1) is 18.3. The molecule has 0 aliphatic carbocycles. The molecule has 1 N–H and O–H groups in total. The number of carbonyl (C=O) groups excluding carboxylic acids is 1. The Labute approximate surface area is 145 Å². The average Bonchev–Trinajstić information content (AvgIpc) is 3.10. The van der Waals surface area contributed by atoms with Crippen molar-refractivity contribution < 1.29 is 4.79 Å². The van der Waals surface area contributed by atoms with Crippen LogP contribution in [0.4, 0.5) is 0 Å². The highest BCUT2D eigenvalue weighted by molar-refractivity contribution is 5.85.